The Bertz CT molecular complexity index is 2150. The number of ether oxygens (including phenoxy) is 4. The molecule has 0 radical (unpaired) electrons. The lowest BCUT2D eigenvalue weighted by Crippen LogP contribution is -2.44. The number of carboxylic acids is 1. The molecule has 0 aliphatic heterocycles. The number of carbonyl (C=O) groups excluding carboxylic acids is 3. The lowest BCUT2D eigenvalue weighted by Gasteiger charge is -2.26. The van der Waals surface area contributed by atoms with Crippen LogP contribution in [-0.2, 0) is 33.3 Å². The molecule has 0 bridgehead atoms. The van der Waals surface area contributed by atoms with Crippen molar-refractivity contribution in [3.8, 4) is 0 Å². The molecule has 0 aromatic carbocycles. The minimum absolute atomic E-state index is 0.128. The Kier molecular flexibility index (Phi) is 65.9. The fourth-order valence-corrected chi connectivity index (χ4v) is 9.25. The highest BCUT2D eigenvalue weighted by Gasteiger charge is 2.22. The van der Waals surface area contributed by atoms with Crippen molar-refractivity contribution in [2.45, 2.75) is 270 Å². The predicted molar refractivity (Wildman–Crippen MR) is 388 cm³/mol. The molecule has 9 heteroatoms. The Hall–Kier alpha value is -5.61. The van der Waals surface area contributed by atoms with Crippen LogP contribution in [-0.4, -0.2) is 82.3 Å². The number of hydrogen-bond donors (Lipinski definition) is 0. The first-order valence-corrected chi connectivity index (χ1v) is 35.9. The van der Waals surface area contributed by atoms with E-state index in [9.17, 15) is 19.5 Å². The largest absolute Gasteiger partial charge is 0.545 e. The molecule has 2 atom stereocenters. The van der Waals surface area contributed by atoms with Crippen LogP contribution in [0.1, 0.15) is 258 Å². The van der Waals surface area contributed by atoms with Gasteiger partial charge < -0.3 is 33.3 Å². The van der Waals surface area contributed by atoms with Gasteiger partial charge in [0.05, 0.1) is 40.3 Å². The number of quaternary nitrogens is 1. The summed E-state index contributed by atoms with van der Waals surface area (Å²) in [7, 11) is 5.90. The van der Waals surface area contributed by atoms with Crippen molar-refractivity contribution >= 4 is 17.9 Å². The molecular formula is C82H131NO8. The lowest BCUT2D eigenvalue weighted by molar-refractivity contribution is -0.870. The Morgan fingerprint density at radius 3 is 0.912 bits per heavy atom. The first-order valence-electron chi connectivity index (χ1n) is 35.9. The van der Waals surface area contributed by atoms with Gasteiger partial charge in [0.1, 0.15) is 13.2 Å². The maximum Gasteiger partial charge on any atom is 0.306 e. The summed E-state index contributed by atoms with van der Waals surface area (Å²) in [5.74, 6) is -2.38. The van der Waals surface area contributed by atoms with E-state index in [1.54, 1.807) is 0 Å². The van der Waals surface area contributed by atoms with E-state index < -0.39 is 24.3 Å². The monoisotopic (exact) mass is 1260 g/mol. The molecule has 0 saturated heterocycles. The van der Waals surface area contributed by atoms with Gasteiger partial charge in [0.2, 0.25) is 0 Å². The summed E-state index contributed by atoms with van der Waals surface area (Å²) in [6, 6.07) is 0. The van der Waals surface area contributed by atoms with Gasteiger partial charge in [0.15, 0.2) is 12.4 Å². The van der Waals surface area contributed by atoms with Gasteiger partial charge in [0, 0.05) is 12.8 Å². The van der Waals surface area contributed by atoms with Crippen LogP contribution in [0.15, 0.2) is 182 Å². The molecule has 9 nitrogen and oxygen atoms in total. The van der Waals surface area contributed by atoms with Gasteiger partial charge in [-0.25, -0.2) is 0 Å². The summed E-state index contributed by atoms with van der Waals surface area (Å²) >= 11 is 0. The first kappa shape index (κ1) is 85.4. The molecule has 0 aromatic heterocycles. The molecule has 0 aromatic rings. The van der Waals surface area contributed by atoms with Crippen molar-refractivity contribution in [2.75, 3.05) is 47.5 Å². The highest BCUT2D eigenvalue weighted by Crippen LogP contribution is 2.16. The molecule has 0 fully saturated rings. The van der Waals surface area contributed by atoms with Crippen molar-refractivity contribution in [1.82, 2.24) is 0 Å². The third kappa shape index (κ3) is 71.7. The molecule has 0 spiro atoms. The fraction of sp³-hybridized carbons (Fsp3) is 0.598. The number of rotatable bonds is 64. The highest BCUT2D eigenvalue weighted by atomic mass is 16.7. The molecule has 0 heterocycles. The van der Waals surface area contributed by atoms with Crippen molar-refractivity contribution in [1.29, 1.82) is 0 Å². The average Bonchev–Trinajstić information content (AvgIpc) is 3.66. The molecule has 0 aliphatic carbocycles. The van der Waals surface area contributed by atoms with Gasteiger partial charge >= 0.3 is 11.9 Å². The Morgan fingerprint density at radius 2 is 0.604 bits per heavy atom. The van der Waals surface area contributed by atoms with Gasteiger partial charge in [-0.15, -0.1) is 0 Å². The van der Waals surface area contributed by atoms with E-state index in [0.717, 1.165) is 116 Å². The van der Waals surface area contributed by atoms with Gasteiger partial charge in [-0.3, -0.25) is 9.59 Å². The van der Waals surface area contributed by atoms with Gasteiger partial charge in [-0.05, 0) is 128 Å². The number of aliphatic carboxylic acids is 1. The van der Waals surface area contributed by atoms with Crippen LogP contribution >= 0.6 is 0 Å². The predicted octanol–water partition coefficient (Wildman–Crippen LogP) is 21.5. The van der Waals surface area contributed by atoms with Gasteiger partial charge in [-0.1, -0.05) is 299 Å². The van der Waals surface area contributed by atoms with Crippen LogP contribution in [0.25, 0.3) is 0 Å². The first-order chi connectivity index (χ1) is 44.6. The summed E-state index contributed by atoms with van der Waals surface area (Å²) in [5, 5.41) is 11.8. The number of allylic oxidation sites excluding steroid dienone is 30. The zero-order valence-electron chi connectivity index (χ0n) is 58.4. The van der Waals surface area contributed by atoms with Crippen molar-refractivity contribution < 1.29 is 42.9 Å². The average molecular weight is 1260 g/mol. The van der Waals surface area contributed by atoms with Gasteiger partial charge in [0.25, 0.3) is 0 Å². The number of likely N-dealkylation sites (N-methyl/N-ethyl adjacent to an activating group) is 1. The third-order valence-corrected chi connectivity index (χ3v) is 14.6. The molecule has 91 heavy (non-hydrogen) atoms. The molecule has 0 rings (SSSR count). The van der Waals surface area contributed by atoms with Crippen LogP contribution < -0.4 is 5.11 Å². The number of carbonyl (C=O) groups is 3. The van der Waals surface area contributed by atoms with Crippen LogP contribution in [0.5, 0.6) is 0 Å². The SMILES string of the molecule is CC/C=C\C/C=C\C/C=C\C/C=C\C/C=C\C/C=C\C/C=C\C/C=C\C/C=C\CCCC(=O)OC(COC(=O)CCCCCCCCCCCCCCCCCCCC/C=C\C/C=C\C/C=C\C/C=C\C/C=C\C/C=C\CC)COC(OCC[N+](C)(C)C)C(=O)[O-]. The van der Waals surface area contributed by atoms with Crippen molar-refractivity contribution in [3.05, 3.63) is 182 Å². The molecule has 0 amide bonds. The summed E-state index contributed by atoms with van der Waals surface area (Å²) in [5.41, 5.74) is 0. The summed E-state index contributed by atoms with van der Waals surface area (Å²) in [4.78, 5) is 37.5. The third-order valence-electron chi connectivity index (χ3n) is 14.6. The number of hydrogen-bond acceptors (Lipinski definition) is 8. The second kappa shape index (κ2) is 70.3. The van der Waals surface area contributed by atoms with Crippen LogP contribution in [0.3, 0.4) is 0 Å². The fourth-order valence-electron chi connectivity index (χ4n) is 9.25. The number of esters is 2. The molecule has 512 valence electrons. The maximum absolute atomic E-state index is 12.9. The van der Waals surface area contributed by atoms with E-state index in [1.165, 1.54) is 103 Å². The number of carboxylic acid groups (broad SMARTS) is 1. The topological polar surface area (TPSA) is 111 Å². The van der Waals surface area contributed by atoms with E-state index in [4.69, 9.17) is 18.9 Å². The van der Waals surface area contributed by atoms with E-state index in [2.05, 4.69) is 196 Å². The summed E-state index contributed by atoms with van der Waals surface area (Å²) in [6.07, 6.45) is 104. The van der Waals surface area contributed by atoms with Crippen LogP contribution in [0.2, 0.25) is 0 Å². The standard InChI is InChI=1S/C82H131NO8/c1-6-8-10-12-14-16-18-20-22-24-26-28-30-32-34-36-37-38-39-40-41-42-43-45-46-48-50-52-54-56-58-60-62-64-66-68-70-72-79(84)89-76-78(77-90-82(81(86)87)88-75-74-83(3,4)5)91-80(85)73-71-69-67-65-63-61-59-57-55-53-51-49-47-44-35-33-31-29-27-25-23-21-19-17-15-13-11-9-7-2/h8-11,14-17,20-23,26-29,32-35,37-38,47,49,53,55,59,61,65,67,78,82H,6-7,12-13,18-19,24-25,30-31,36,39-46,48,50-52,54,56-58,60,62-64,66,68-77H2,1-5H3/b10-8-,11-9-,16-14-,17-15-,22-20-,23-21-,28-26-,29-27-,34-32-,35-33-,38-37-,49-47-,55-53-,61-59-,67-65-. The zero-order valence-corrected chi connectivity index (χ0v) is 58.4. The van der Waals surface area contributed by atoms with Crippen molar-refractivity contribution in [3.63, 3.8) is 0 Å². The summed E-state index contributed by atoms with van der Waals surface area (Å²) < 4.78 is 22.7. The number of nitrogens with zero attached hydrogens (tertiary/aromatic N) is 1. The molecular weight excluding hydrogens is 1130 g/mol. The van der Waals surface area contributed by atoms with Crippen molar-refractivity contribution in [2.24, 2.45) is 0 Å². The lowest BCUT2D eigenvalue weighted by atomic mass is 10.0. The molecule has 0 aliphatic rings. The molecule has 2 unspecified atom stereocenters. The highest BCUT2D eigenvalue weighted by molar-refractivity contribution is 5.70. The van der Waals surface area contributed by atoms with E-state index in [1.807, 2.05) is 21.1 Å². The smallest absolute Gasteiger partial charge is 0.306 e. The quantitative estimate of drug-likeness (QED) is 0.0195. The molecule has 0 saturated carbocycles. The summed E-state index contributed by atoms with van der Waals surface area (Å²) in [6.45, 7) is 4.44. The van der Waals surface area contributed by atoms with E-state index >= 15 is 0 Å². The maximum atomic E-state index is 12.9. The van der Waals surface area contributed by atoms with Crippen LogP contribution in [0, 0.1) is 0 Å². The second-order valence-corrected chi connectivity index (χ2v) is 24.4. The minimum Gasteiger partial charge on any atom is -0.545 e. The Balaban J connectivity index is 4.20. The van der Waals surface area contributed by atoms with E-state index in [0.29, 0.717) is 23.9 Å². The number of unbranched alkanes of at least 4 members (excludes halogenated alkanes) is 19. The normalized spacial score (nSPS) is 13.8. The Morgan fingerprint density at radius 1 is 0.330 bits per heavy atom. The minimum atomic E-state index is -1.65. The van der Waals surface area contributed by atoms with E-state index in [-0.39, 0.29) is 38.6 Å². The van der Waals surface area contributed by atoms with Gasteiger partial charge in [-0.2, -0.15) is 0 Å². The molecule has 0 N–H and O–H groups in total. The zero-order chi connectivity index (χ0) is 66.1. The second-order valence-electron chi connectivity index (χ2n) is 24.4. The Labute approximate surface area is 558 Å². The van der Waals surface area contributed by atoms with Crippen LogP contribution in [0.4, 0.5) is 0 Å².